The first kappa shape index (κ1) is 22.3. The molecule has 0 saturated carbocycles. The molecule has 0 aliphatic carbocycles. The second-order valence-corrected chi connectivity index (χ2v) is 8.20. The highest BCUT2D eigenvalue weighted by Crippen LogP contribution is 2.29. The van der Waals surface area contributed by atoms with Gasteiger partial charge < -0.3 is 0 Å². The zero-order chi connectivity index (χ0) is 24.0. The number of aryl methyl sites for hydroxylation is 1. The van der Waals surface area contributed by atoms with Crippen molar-refractivity contribution in [2.24, 2.45) is 0 Å². The highest BCUT2D eigenvalue weighted by atomic mass is 16.1. The third kappa shape index (κ3) is 5.03. The van der Waals surface area contributed by atoms with Gasteiger partial charge in [0.2, 0.25) is 17.4 Å². The van der Waals surface area contributed by atoms with E-state index in [1.165, 1.54) is 0 Å². The van der Waals surface area contributed by atoms with Crippen molar-refractivity contribution >= 4 is 5.78 Å². The summed E-state index contributed by atoms with van der Waals surface area (Å²) in [6.45, 7) is 2.63. The van der Waals surface area contributed by atoms with E-state index >= 15 is 0 Å². The molecule has 0 atom stereocenters. The number of aromatic nitrogens is 8. The van der Waals surface area contributed by atoms with Gasteiger partial charge in [-0.1, -0.05) is 61.5 Å². The lowest BCUT2D eigenvalue weighted by Crippen LogP contribution is -2.09. The van der Waals surface area contributed by atoms with Gasteiger partial charge in [0.15, 0.2) is 0 Å². The molecule has 5 aromatic rings. The van der Waals surface area contributed by atoms with E-state index in [2.05, 4.69) is 54.7 Å². The van der Waals surface area contributed by atoms with E-state index in [0.717, 1.165) is 46.5 Å². The highest BCUT2D eigenvalue weighted by molar-refractivity contribution is 5.94. The number of hydrogen-bond donors (Lipinski definition) is 1. The Kier molecular flexibility index (Phi) is 6.47. The van der Waals surface area contributed by atoms with Crippen molar-refractivity contribution in [2.75, 3.05) is 0 Å². The summed E-state index contributed by atoms with van der Waals surface area (Å²) in [6, 6.07) is 19.8. The third-order valence-corrected chi connectivity index (χ3v) is 5.68. The van der Waals surface area contributed by atoms with Gasteiger partial charge in [-0.15, -0.1) is 15.3 Å². The van der Waals surface area contributed by atoms with Crippen LogP contribution < -0.4 is 0 Å². The molecule has 9 nitrogen and oxygen atoms in total. The number of benzene rings is 2. The van der Waals surface area contributed by atoms with Gasteiger partial charge in [-0.05, 0) is 40.0 Å². The van der Waals surface area contributed by atoms with E-state index < -0.39 is 0 Å². The third-order valence-electron chi connectivity index (χ3n) is 5.68. The van der Waals surface area contributed by atoms with Crippen molar-refractivity contribution in [2.45, 2.75) is 32.7 Å². The molecule has 35 heavy (non-hydrogen) atoms. The molecule has 3 aromatic heterocycles. The van der Waals surface area contributed by atoms with E-state index in [4.69, 9.17) is 0 Å². The summed E-state index contributed by atoms with van der Waals surface area (Å²) in [5, 5.41) is 18.9. The lowest BCUT2D eigenvalue weighted by molar-refractivity contribution is 0.0982. The van der Waals surface area contributed by atoms with Crippen LogP contribution in [0.4, 0.5) is 0 Å². The molecule has 9 heteroatoms. The molecular weight excluding hydrogens is 440 g/mol. The average Bonchev–Trinajstić information content (AvgIpc) is 3.56. The van der Waals surface area contributed by atoms with E-state index in [1.54, 1.807) is 12.4 Å². The lowest BCUT2D eigenvalue weighted by atomic mass is 10.00. The number of H-pyrrole nitrogens is 1. The second kappa shape index (κ2) is 10.2. The predicted molar refractivity (Wildman–Crippen MR) is 130 cm³/mol. The van der Waals surface area contributed by atoms with Crippen molar-refractivity contribution < 1.29 is 4.79 Å². The van der Waals surface area contributed by atoms with Gasteiger partial charge in [0.05, 0.1) is 6.54 Å². The molecule has 0 fully saturated rings. The molecule has 0 aliphatic heterocycles. The van der Waals surface area contributed by atoms with E-state index in [-0.39, 0.29) is 11.6 Å². The van der Waals surface area contributed by atoms with Crippen LogP contribution in [0.5, 0.6) is 0 Å². The van der Waals surface area contributed by atoms with E-state index in [0.29, 0.717) is 18.8 Å². The van der Waals surface area contributed by atoms with Gasteiger partial charge in [-0.3, -0.25) is 9.78 Å². The van der Waals surface area contributed by atoms with Gasteiger partial charge in [0.25, 0.3) is 0 Å². The average molecular weight is 465 g/mol. The molecule has 1 N–H and O–H groups in total. The Hall–Kier alpha value is -4.53. The smallest absolute Gasteiger partial charge is 0.217 e. The van der Waals surface area contributed by atoms with Crippen LogP contribution in [0.25, 0.3) is 22.5 Å². The molecule has 0 bridgehead atoms. The Balaban J connectivity index is 1.37. The van der Waals surface area contributed by atoms with Gasteiger partial charge in [-0.25, -0.2) is 9.67 Å². The van der Waals surface area contributed by atoms with Crippen LogP contribution in [0, 0.1) is 0 Å². The van der Waals surface area contributed by atoms with E-state index in [1.807, 2.05) is 53.2 Å². The molecule has 0 spiro atoms. The number of Topliss-reactive ketones (excluding diaryl/α,β-unsaturated/α-hetero) is 1. The van der Waals surface area contributed by atoms with Crippen molar-refractivity contribution in [3.8, 4) is 22.5 Å². The molecule has 174 valence electrons. The van der Waals surface area contributed by atoms with Gasteiger partial charge in [-0.2, -0.15) is 5.21 Å². The number of rotatable bonds is 9. The summed E-state index contributed by atoms with van der Waals surface area (Å²) in [4.78, 5) is 21.6. The maximum atomic E-state index is 12.8. The van der Waals surface area contributed by atoms with Crippen LogP contribution in [0.15, 0.2) is 73.1 Å². The van der Waals surface area contributed by atoms with Crippen LogP contribution in [0.3, 0.4) is 0 Å². The monoisotopic (exact) mass is 464 g/mol. The normalized spacial score (nSPS) is 11.0. The highest BCUT2D eigenvalue weighted by Gasteiger charge is 2.17. The fourth-order valence-corrected chi connectivity index (χ4v) is 3.95. The Morgan fingerprint density at radius 1 is 0.971 bits per heavy atom. The number of carbonyl (C=O) groups is 1. The Bertz CT molecular complexity index is 1410. The Morgan fingerprint density at radius 2 is 1.80 bits per heavy atom. The first-order valence-electron chi connectivity index (χ1n) is 11.5. The van der Waals surface area contributed by atoms with Crippen molar-refractivity contribution in [1.82, 2.24) is 40.4 Å². The van der Waals surface area contributed by atoms with Crippen LogP contribution in [-0.2, 0) is 19.4 Å². The summed E-state index contributed by atoms with van der Waals surface area (Å²) in [5.74, 6) is 1.52. The maximum Gasteiger partial charge on any atom is 0.217 e. The second-order valence-electron chi connectivity index (χ2n) is 8.20. The quantitative estimate of drug-likeness (QED) is 0.328. The first-order valence-corrected chi connectivity index (χ1v) is 11.5. The van der Waals surface area contributed by atoms with Crippen LogP contribution in [0.2, 0.25) is 0 Å². The van der Waals surface area contributed by atoms with Gasteiger partial charge in [0.1, 0.15) is 5.82 Å². The van der Waals surface area contributed by atoms with Gasteiger partial charge in [0, 0.05) is 30.8 Å². The number of aromatic amines is 1. The first-order chi connectivity index (χ1) is 17.2. The minimum absolute atomic E-state index is 0.0747. The summed E-state index contributed by atoms with van der Waals surface area (Å²) in [5.41, 5.74) is 4.80. The molecule has 2 aromatic carbocycles. The number of carbonyl (C=O) groups excluding carboxylic acids is 1. The molecule has 0 aliphatic rings. The molecule has 0 unspecified atom stereocenters. The molecule has 0 saturated heterocycles. The van der Waals surface area contributed by atoms with Crippen molar-refractivity contribution in [3.05, 3.63) is 95.8 Å². The molecule has 0 amide bonds. The minimum atomic E-state index is -0.0747. The number of pyridine rings is 1. The lowest BCUT2D eigenvalue weighted by Gasteiger charge is -2.09. The standard InChI is InChI=1S/C26H24N8O/c1-2-6-24-28-26(23(35)15-18-7-4-3-5-8-18)31-34(24)17-19-9-11-20(12-10-19)21-13-14-27-16-22(21)25-29-32-33-30-25/h3-5,7-14,16H,2,6,15,17H2,1H3,(H,29,30,32,33). The van der Waals surface area contributed by atoms with Crippen molar-refractivity contribution in [1.29, 1.82) is 0 Å². The fraction of sp³-hybridized carbons (Fsp3) is 0.192. The summed E-state index contributed by atoms with van der Waals surface area (Å²) < 4.78 is 1.84. The summed E-state index contributed by atoms with van der Waals surface area (Å²) >= 11 is 0. The van der Waals surface area contributed by atoms with E-state index in [9.17, 15) is 4.79 Å². The number of tetrazole rings is 1. The fourth-order valence-electron chi connectivity index (χ4n) is 3.95. The topological polar surface area (TPSA) is 115 Å². The Labute approximate surface area is 202 Å². The predicted octanol–water partition coefficient (Wildman–Crippen LogP) is 3.95. The molecule has 5 rings (SSSR count). The number of nitrogens with zero attached hydrogens (tertiary/aromatic N) is 7. The minimum Gasteiger partial charge on any atom is -0.290 e. The molecule has 0 radical (unpaired) electrons. The Morgan fingerprint density at radius 3 is 2.54 bits per heavy atom. The molecular formula is C26H24N8O. The molecule has 3 heterocycles. The number of nitrogens with one attached hydrogen (secondary N) is 1. The zero-order valence-electron chi connectivity index (χ0n) is 19.3. The van der Waals surface area contributed by atoms with Gasteiger partial charge >= 0.3 is 0 Å². The summed E-state index contributed by atoms with van der Waals surface area (Å²) in [6.07, 6.45) is 5.45. The summed E-state index contributed by atoms with van der Waals surface area (Å²) in [7, 11) is 0. The maximum absolute atomic E-state index is 12.8. The van der Waals surface area contributed by atoms with Crippen molar-refractivity contribution in [3.63, 3.8) is 0 Å². The van der Waals surface area contributed by atoms with Crippen LogP contribution in [0.1, 0.15) is 40.9 Å². The zero-order valence-corrected chi connectivity index (χ0v) is 19.3. The number of hydrogen-bond acceptors (Lipinski definition) is 7. The van der Waals surface area contributed by atoms with Crippen LogP contribution >= 0.6 is 0 Å². The number of ketones is 1. The SMILES string of the molecule is CCCc1nc(C(=O)Cc2ccccc2)nn1Cc1ccc(-c2ccncc2-c2nn[nH]n2)cc1. The van der Waals surface area contributed by atoms with Crippen LogP contribution in [-0.4, -0.2) is 46.2 Å². The largest absolute Gasteiger partial charge is 0.290 e.